The number of rotatable bonds is 9. The molecule has 0 aliphatic carbocycles. The lowest BCUT2D eigenvalue weighted by molar-refractivity contribution is 0.486. The van der Waals surface area contributed by atoms with Gasteiger partial charge in [-0.05, 0) is 30.5 Å². The molecule has 0 aliphatic heterocycles. The summed E-state index contributed by atoms with van der Waals surface area (Å²) in [4.78, 5) is 30.7. The Bertz CT molecular complexity index is 1880. The smallest absolute Gasteiger partial charge is 0.333 e. The fourth-order valence-electron chi connectivity index (χ4n) is 4.31. The summed E-state index contributed by atoms with van der Waals surface area (Å²) in [7, 11) is 1.63. The third kappa shape index (κ3) is 6.04. The summed E-state index contributed by atoms with van der Waals surface area (Å²) in [6.07, 6.45) is 4.21. The van der Waals surface area contributed by atoms with Crippen molar-refractivity contribution in [3.8, 4) is 0 Å². The molecular weight excluding hydrogens is 561 g/mol. The van der Waals surface area contributed by atoms with Gasteiger partial charge in [-0.3, -0.25) is 23.3 Å². The molecule has 0 amide bonds. The van der Waals surface area contributed by atoms with Crippen LogP contribution in [0.1, 0.15) is 31.7 Å². The van der Waals surface area contributed by atoms with Gasteiger partial charge in [0.1, 0.15) is 18.0 Å². The van der Waals surface area contributed by atoms with Crippen LogP contribution in [-0.2, 0) is 26.7 Å². The molecule has 0 saturated heterocycles. The van der Waals surface area contributed by atoms with E-state index in [0.717, 1.165) is 33.6 Å². The number of anilines is 2. The molecule has 14 heteroatoms. The summed E-state index contributed by atoms with van der Waals surface area (Å²) in [6, 6.07) is 5.57. The van der Waals surface area contributed by atoms with Crippen molar-refractivity contribution in [1.82, 2.24) is 33.7 Å². The van der Waals surface area contributed by atoms with Crippen LogP contribution in [0, 0.1) is 23.4 Å². The Morgan fingerprint density at radius 2 is 1.71 bits per heavy atom. The van der Waals surface area contributed by atoms with Crippen molar-refractivity contribution < 1.29 is 13.2 Å². The Labute approximate surface area is 236 Å². The number of hydrogen-bond acceptors (Lipinski definition) is 6. The summed E-state index contributed by atoms with van der Waals surface area (Å²) >= 11 is 6.53. The topological polar surface area (TPSA) is 105 Å². The molecule has 0 spiro atoms. The highest BCUT2D eigenvalue weighted by Gasteiger charge is 2.18. The number of halogens is 4. The van der Waals surface area contributed by atoms with Gasteiger partial charge < -0.3 is 5.32 Å². The van der Waals surface area contributed by atoms with Crippen LogP contribution in [0.25, 0.3) is 10.9 Å². The normalized spacial score (nSPS) is 11.6. The average Bonchev–Trinajstić information content (AvgIpc) is 3.50. The van der Waals surface area contributed by atoms with Crippen LogP contribution in [0.4, 0.5) is 24.7 Å². The molecule has 0 fully saturated rings. The summed E-state index contributed by atoms with van der Waals surface area (Å²) in [6.45, 7) is 4.17. The van der Waals surface area contributed by atoms with Crippen LogP contribution in [-0.4, -0.2) is 33.7 Å². The van der Waals surface area contributed by atoms with E-state index in [0.29, 0.717) is 29.3 Å². The van der Waals surface area contributed by atoms with Gasteiger partial charge >= 0.3 is 5.69 Å². The predicted molar refractivity (Wildman–Crippen MR) is 148 cm³/mol. The molecule has 2 aromatic carbocycles. The number of nitrogens with one attached hydrogen (secondary N) is 1. The standard InChI is InChI=1S/C27H26ClF3N8O2/c1-15(2)4-5-37-11-17-7-23(18(28)8-22(17)34-37)33-25-10-26(40)39(13-24-32-14-36(3)35-24)27(41)38(25)12-16-6-20(30)21(31)9-19(16)29/h6-11,14-15,33H,4-5,12-13H2,1-3H3. The second-order valence-corrected chi connectivity index (χ2v) is 10.5. The van der Waals surface area contributed by atoms with E-state index in [1.54, 1.807) is 19.2 Å². The van der Waals surface area contributed by atoms with Gasteiger partial charge in [0.2, 0.25) is 0 Å². The number of benzene rings is 2. The molecule has 0 atom stereocenters. The summed E-state index contributed by atoms with van der Waals surface area (Å²) in [5.41, 5.74) is -0.835. The Kier molecular flexibility index (Phi) is 7.72. The van der Waals surface area contributed by atoms with Crippen LogP contribution in [0.5, 0.6) is 0 Å². The predicted octanol–water partition coefficient (Wildman–Crippen LogP) is 4.45. The fourth-order valence-corrected chi connectivity index (χ4v) is 4.51. The molecule has 0 saturated carbocycles. The highest BCUT2D eigenvalue weighted by atomic mass is 35.5. The molecule has 41 heavy (non-hydrogen) atoms. The van der Waals surface area contributed by atoms with Crippen LogP contribution in [0.3, 0.4) is 0 Å². The highest BCUT2D eigenvalue weighted by Crippen LogP contribution is 2.30. The molecule has 3 aromatic heterocycles. The van der Waals surface area contributed by atoms with Crippen molar-refractivity contribution in [2.24, 2.45) is 13.0 Å². The van der Waals surface area contributed by atoms with E-state index in [1.807, 2.05) is 10.9 Å². The van der Waals surface area contributed by atoms with E-state index < -0.39 is 35.2 Å². The van der Waals surface area contributed by atoms with Crippen molar-refractivity contribution in [2.45, 2.75) is 39.9 Å². The Morgan fingerprint density at radius 3 is 2.41 bits per heavy atom. The van der Waals surface area contributed by atoms with Gasteiger partial charge in [-0.1, -0.05) is 25.4 Å². The number of nitrogens with zero attached hydrogens (tertiary/aromatic N) is 7. The van der Waals surface area contributed by atoms with Gasteiger partial charge in [0.25, 0.3) is 5.56 Å². The molecule has 214 valence electrons. The van der Waals surface area contributed by atoms with E-state index in [1.165, 1.54) is 11.0 Å². The lowest BCUT2D eigenvalue weighted by atomic mass is 10.1. The quantitative estimate of drug-likeness (QED) is 0.256. The third-order valence-corrected chi connectivity index (χ3v) is 6.79. The van der Waals surface area contributed by atoms with Crippen molar-refractivity contribution in [3.63, 3.8) is 0 Å². The van der Waals surface area contributed by atoms with Crippen molar-refractivity contribution in [2.75, 3.05) is 5.32 Å². The maximum atomic E-state index is 14.6. The van der Waals surface area contributed by atoms with Crippen LogP contribution in [0.15, 0.2) is 52.4 Å². The third-order valence-electron chi connectivity index (χ3n) is 6.48. The molecule has 10 nitrogen and oxygen atoms in total. The SMILES string of the molecule is CC(C)CCn1cc2cc(Nc3cc(=O)n(Cc4ncn(C)n4)c(=O)n3Cc3cc(F)c(F)cc3F)c(Cl)cc2n1. The minimum atomic E-state index is -1.36. The molecule has 1 N–H and O–H groups in total. The van der Waals surface area contributed by atoms with E-state index in [4.69, 9.17) is 11.6 Å². The second-order valence-electron chi connectivity index (χ2n) is 10.1. The van der Waals surface area contributed by atoms with Crippen molar-refractivity contribution in [3.05, 3.63) is 97.6 Å². The minimum absolute atomic E-state index is 0.0391. The average molecular weight is 587 g/mol. The Balaban J connectivity index is 1.58. The molecule has 0 radical (unpaired) electrons. The van der Waals surface area contributed by atoms with Gasteiger partial charge in [0.15, 0.2) is 17.5 Å². The highest BCUT2D eigenvalue weighted by molar-refractivity contribution is 6.34. The maximum Gasteiger partial charge on any atom is 0.333 e. The van der Waals surface area contributed by atoms with Gasteiger partial charge in [0.05, 0.1) is 29.3 Å². The van der Waals surface area contributed by atoms with E-state index in [-0.39, 0.29) is 28.8 Å². The second kappa shape index (κ2) is 11.2. The first-order valence-electron chi connectivity index (χ1n) is 12.7. The number of fused-ring (bicyclic) bond motifs is 1. The van der Waals surface area contributed by atoms with E-state index in [9.17, 15) is 22.8 Å². The number of aromatic nitrogens is 7. The summed E-state index contributed by atoms with van der Waals surface area (Å²) in [5, 5.41) is 12.7. The number of aryl methyl sites for hydroxylation is 2. The maximum absolute atomic E-state index is 14.6. The zero-order valence-electron chi connectivity index (χ0n) is 22.4. The fraction of sp³-hybridized carbons (Fsp3) is 0.296. The molecule has 0 bridgehead atoms. The molecular formula is C27H26ClF3N8O2. The first-order valence-corrected chi connectivity index (χ1v) is 13.1. The van der Waals surface area contributed by atoms with E-state index >= 15 is 0 Å². The van der Waals surface area contributed by atoms with Crippen molar-refractivity contribution >= 4 is 34.0 Å². The van der Waals surface area contributed by atoms with Gasteiger partial charge in [-0.25, -0.2) is 22.9 Å². The summed E-state index contributed by atoms with van der Waals surface area (Å²) < 4.78 is 47.3. The first-order chi connectivity index (χ1) is 19.5. The van der Waals surface area contributed by atoms with Crippen molar-refractivity contribution in [1.29, 1.82) is 0 Å². The molecule has 5 rings (SSSR count). The van der Waals surface area contributed by atoms with Crippen LogP contribution >= 0.6 is 11.6 Å². The van der Waals surface area contributed by atoms with Gasteiger partial charge in [-0.15, -0.1) is 0 Å². The van der Waals surface area contributed by atoms with Gasteiger partial charge in [0, 0.05) is 42.9 Å². The largest absolute Gasteiger partial charge is 0.340 e. The Hall–Kier alpha value is -4.39. The van der Waals surface area contributed by atoms with Gasteiger partial charge in [-0.2, -0.15) is 10.2 Å². The molecule has 0 aliphatic rings. The number of hydrogen-bond donors (Lipinski definition) is 1. The lowest BCUT2D eigenvalue weighted by Crippen LogP contribution is -2.41. The zero-order chi connectivity index (χ0) is 29.4. The molecule has 5 aromatic rings. The van der Waals surface area contributed by atoms with Crippen LogP contribution < -0.4 is 16.6 Å². The monoisotopic (exact) mass is 586 g/mol. The molecule has 0 unspecified atom stereocenters. The zero-order valence-corrected chi connectivity index (χ0v) is 23.2. The van der Waals surface area contributed by atoms with Crippen LogP contribution in [0.2, 0.25) is 5.02 Å². The minimum Gasteiger partial charge on any atom is -0.340 e. The van der Waals surface area contributed by atoms with E-state index in [2.05, 4.69) is 34.3 Å². The summed E-state index contributed by atoms with van der Waals surface area (Å²) in [5.74, 6) is -3.05. The first kappa shape index (κ1) is 28.1. The lowest BCUT2D eigenvalue weighted by Gasteiger charge is -2.17. The Morgan fingerprint density at radius 1 is 0.951 bits per heavy atom. The molecule has 3 heterocycles.